The Morgan fingerprint density at radius 1 is 0.909 bits per heavy atom. The molecular formula is C15H18N2O5. The minimum absolute atomic E-state index is 0.127. The maximum Gasteiger partial charge on any atom is 0.422 e. The van der Waals surface area contributed by atoms with Crippen molar-refractivity contribution in [3.8, 4) is 0 Å². The molecule has 0 N–H and O–H groups in total. The van der Waals surface area contributed by atoms with E-state index in [-0.39, 0.29) is 13.2 Å². The third-order valence-corrected chi connectivity index (χ3v) is 3.36. The fraction of sp³-hybridized carbons (Fsp3) is 0.400. The van der Waals surface area contributed by atoms with Crippen molar-refractivity contribution in [3.05, 3.63) is 33.7 Å². The fourth-order valence-electron chi connectivity index (χ4n) is 2.18. The van der Waals surface area contributed by atoms with Crippen LogP contribution in [0.25, 0.3) is 11.0 Å². The van der Waals surface area contributed by atoms with E-state index in [9.17, 15) is 14.4 Å². The number of hydrogen-bond donors (Lipinski definition) is 0. The molecule has 7 heteroatoms. The topological polar surface area (TPSA) is 79.5 Å². The molecule has 0 atom stereocenters. The number of aromatic nitrogens is 2. The molecule has 2 aromatic rings. The van der Waals surface area contributed by atoms with Crippen LogP contribution in [0.15, 0.2) is 16.9 Å². The van der Waals surface area contributed by atoms with Gasteiger partial charge in [-0.25, -0.2) is 14.4 Å². The van der Waals surface area contributed by atoms with Crippen LogP contribution in [-0.2, 0) is 9.47 Å². The number of benzene rings is 1. The zero-order valence-electron chi connectivity index (χ0n) is 13.0. The molecule has 118 valence electrons. The second-order valence-corrected chi connectivity index (χ2v) is 4.78. The van der Waals surface area contributed by atoms with Gasteiger partial charge < -0.3 is 9.47 Å². The number of carbonyl (C=O) groups is 2. The number of carbonyl (C=O) groups excluding carboxylic acids is 2. The van der Waals surface area contributed by atoms with Crippen LogP contribution in [-0.4, -0.2) is 34.5 Å². The third kappa shape index (κ3) is 2.49. The zero-order chi connectivity index (χ0) is 16.4. The summed E-state index contributed by atoms with van der Waals surface area (Å²) < 4.78 is 11.5. The summed E-state index contributed by atoms with van der Waals surface area (Å²) in [5, 5.41) is 0. The third-order valence-electron chi connectivity index (χ3n) is 3.36. The maximum absolute atomic E-state index is 12.5. The Bertz CT molecular complexity index is 736. The quantitative estimate of drug-likeness (QED) is 0.851. The van der Waals surface area contributed by atoms with Crippen molar-refractivity contribution in [2.45, 2.75) is 27.7 Å². The number of rotatable bonds is 2. The van der Waals surface area contributed by atoms with Crippen LogP contribution in [0.2, 0.25) is 0 Å². The largest absolute Gasteiger partial charge is 0.449 e. The van der Waals surface area contributed by atoms with Gasteiger partial charge >= 0.3 is 17.9 Å². The van der Waals surface area contributed by atoms with Gasteiger partial charge in [-0.05, 0) is 51.0 Å². The van der Waals surface area contributed by atoms with Crippen LogP contribution in [0.4, 0.5) is 9.59 Å². The number of hydrogen-bond acceptors (Lipinski definition) is 5. The summed E-state index contributed by atoms with van der Waals surface area (Å²) in [6, 6.07) is 3.36. The van der Waals surface area contributed by atoms with Crippen LogP contribution in [0.1, 0.15) is 25.0 Å². The lowest BCUT2D eigenvalue weighted by Crippen LogP contribution is -2.33. The molecule has 0 unspecified atom stereocenters. The van der Waals surface area contributed by atoms with Crippen LogP contribution < -0.4 is 5.69 Å². The molecule has 1 aromatic heterocycles. The first kappa shape index (κ1) is 15.8. The van der Waals surface area contributed by atoms with E-state index >= 15 is 0 Å². The smallest absolute Gasteiger partial charge is 0.422 e. The molecule has 0 saturated heterocycles. The molecule has 2 rings (SSSR count). The van der Waals surface area contributed by atoms with Crippen molar-refractivity contribution in [2.75, 3.05) is 13.2 Å². The number of imidazole rings is 1. The van der Waals surface area contributed by atoms with Gasteiger partial charge in [0.15, 0.2) is 0 Å². The lowest BCUT2D eigenvalue weighted by molar-refractivity contribution is 0.150. The Hall–Kier alpha value is -2.57. The number of aryl methyl sites for hydroxylation is 2. The molecular weight excluding hydrogens is 288 g/mol. The van der Waals surface area contributed by atoms with Crippen molar-refractivity contribution in [3.63, 3.8) is 0 Å². The normalized spacial score (nSPS) is 10.7. The highest BCUT2D eigenvalue weighted by atomic mass is 16.6. The molecule has 7 nitrogen and oxygen atoms in total. The second-order valence-electron chi connectivity index (χ2n) is 4.78. The van der Waals surface area contributed by atoms with Crippen molar-refractivity contribution in [1.82, 2.24) is 9.13 Å². The van der Waals surface area contributed by atoms with E-state index in [4.69, 9.17) is 9.47 Å². The molecule has 1 heterocycles. The van der Waals surface area contributed by atoms with E-state index < -0.39 is 17.9 Å². The van der Waals surface area contributed by atoms with E-state index in [0.29, 0.717) is 11.0 Å². The SMILES string of the molecule is CCOC(=O)n1c(=O)n(C(=O)OCC)c2cc(C)c(C)cc21. The van der Waals surface area contributed by atoms with E-state index in [1.165, 1.54) is 0 Å². The summed E-state index contributed by atoms with van der Waals surface area (Å²) >= 11 is 0. The highest BCUT2D eigenvalue weighted by Gasteiger charge is 2.24. The second kappa shape index (κ2) is 6.05. The van der Waals surface area contributed by atoms with E-state index in [0.717, 1.165) is 20.3 Å². The summed E-state index contributed by atoms with van der Waals surface area (Å²) in [6.07, 6.45) is -1.63. The van der Waals surface area contributed by atoms with Gasteiger partial charge in [0, 0.05) is 0 Å². The Morgan fingerprint density at radius 3 is 1.59 bits per heavy atom. The average molecular weight is 306 g/mol. The molecule has 0 aliphatic heterocycles. The summed E-state index contributed by atoms with van der Waals surface area (Å²) in [7, 11) is 0. The number of ether oxygens (including phenoxy) is 2. The predicted octanol–water partition coefficient (Wildman–Crippen LogP) is 2.43. The van der Waals surface area contributed by atoms with Gasteiger partial charge in [-0.2, -0.15) is 9.13 Å². The first-order valence-electron chi connectivity index (χ1n) is 7.01. The van der Waals surface area contributed by atoms with E-state index in [2.05, 4.69) is 0 Å². The molecule has 0 aliphatic rings. The molecule has 22 heavy (non-hydrogen) atoms. The Labute approximate surface area is 127 Å². The summed E-state index contributed by atoms with van der Waals surface area (Å²) in [6.45, 7) is 7.25. The first-order chi connectivity index (χ1) is 10.4. The molecule has 0 amide bonds. The van der Waals surface area contributed by atoms with Crippen LogP contribution >= 0.6 is 0 Å². The number of nitrogens with zero attached hydrogens (tertiary/aromatic N) is 2. The van der Waals surface area contributed by atoms with E-state index in [1.807, 2.05) is 13.8 Å². The molecule has 0 saturated carbocycles. The van der Waals surface area contributed by atoms with Crippen LogP contribution in [0.3, 0.4) is 0 Å². The van der Waals surface area contributed by atoms with Crippen molar-refractivity contribution >= 4 is 23.2 Å². The molecule has 0 aliphatic carbocycles. The highest BCUT2D eigenvalue weighted by molar-refractivity contribution is 5.93. The monoisotopic (exact) mass is 306 g/mol. The summed E-state index contributed by atoms with van der Waals surface area (Å²) in [4.78, 5) is 36.6. The first-order valence-corrected chi connectivity index (χ1v) is 7.01. The molecule has 0 radical (unpaired) electrons. The summed E-state index contributed by atoms with van der Waals surface area (Å²) in [5.41, 5.74) is 1.63. The van der Waals surface area contributed by atoms with Gasteiger partial charge in [0.1, 0.15) is 0 Å². The van der Waals surface area contributed by atoms with Gasteiger partial charge in [0.2, 0.25) is 0 Å². The van der Waals surface area contributed by atoms with Gasteiger partial charge in [-0.15, -0.1) is 0 Å². The van der Waals surface area contributed by atoms with Crippen molar-refractivity contribution in [1.29, 1.82) is 0 Å². The maximum atomic E-state index is 12.5. The Morgan fingerprint density at radius 2 is 1.27 bits per heavy atom. The lowest BCUT2D eigenvalue weighted by Gasteiger charge is -2.04. The lowest BCUT2D eigenvalue weighted by atomic mass is 10.1. The molecule has 0 bridgehead atoms. The van der Waals surface area contributed by atoms with E-state index in [1.54, 1.807) is 26.0 Å². The van der Waals surface area contributed by atoms with Crippen LogP contribution in [0.5, 0.6) is 0 Å². The van der Waals surface area contributed by atoms with Gasteiger partial charge in [-0.1, -0.05) is 0 Å². The highest BCUT2D eigenvalue weighted by Crippen LogP contribution is 2.19. The molecule has 1 aromatic carbocycles. The minimum Gasteiger partial charge on any atom is -0.449 e. The fourth-order valence-corrected chi connectivity index (χ4v) is 2.18. The summed E-state index contributed by atoms with van der Waals surface area (Å²) in [5.74, 6) is 0. The molecule has 0 fully saturated rings. The zero-order valence-corrected chi connectivity index (χ0v) is 13.0. The van der Waals surface area contributed by atoms with Gasteiger partial charge in [-0.3, -0.25) is 0 Å². The average Bonchev–Trinajstić information content (AvgIpc) is 2.71. The van der Waals surface area contributed by atoms with Crippen molar-refractivity contribution in [2.24, 2.45) is 0 Å². The standard InChI is InChI=1S/C15H18N2O5/c1-5-21-14(19)16-11-7-9(3)10(4)8-12(11)17(13(16)18)15(20)22-6-2/h7-8H,5-6H2,1-4H3. The number of fused-ring (bicyclic) bond motifs is 1. The van der Waals surface area contributed by atoms with Crippen LogP contribution in [0, 0.1) is 13.8 Å². The Balaban J connectivity index is 2.82. The predicted molar refractivity (Wildman–Crippen MR) is 80.5 cm³/mol. The van der Waals surface area contributed by atoms with Crippen molar-refractivity contribution < 1.29 is 19.1 Å². The van der Waals surface area contributed by atoms with Gasteiger partial charge in [0.05, 0.1) is 24.2 Å². The van der Waals surface area contributed by atoms with Gasteiger partial charge in [0.25, 0.3) is 0 Å². The molecule has 0 spiro atoms. The Kier molecular flexibility index (Phi) is 4.35. The minimum atomic E-state index is -0.816.